The number of primary amides is 1. The van der Waals surface area contributed by atoms with Crippen molar-refractivity contribution in [2.45, 2.75) is 45.2 Å². The van der Waals surface area contributed by atoms with E-state index in [1.54, 1.807) is 23.7 Å². The van der Waals surface area contributed by atoms with Crippen LogP contribution in [0.1, 0.15) is 37.8 Å². The van der Waals surface area contributed by atoms with Gasteiger partial charge in [0.1, 0.15) is 24.5 Å². The molecule has 3 N–H and O–H groups in total. The van der Waals surface area contributed by atoms with E-state index in [4.69, 9.17) is 25.9 Å². The summed E-state index contributed by atoms with van der Waals surface area (Å²) in [5.41, 5.74) is 6.21. The van der Waals surface area contributed by atoms with E-state index in [-0.39, 0.29) is 17.1 Å². The van der Waals surface area contributed by atoms with Crippen LogP contribution in [0.3, 0.4) is 0 Å². The van der Waals surface area contributed by atoms with Gasteiger partial charge in [-0.25, -0.2) is 9.37 Å². The number of nitrogens with zero attached hydrogens (tertiary/aromatic N) is 3. The van der Waals surface area contributed by atoms with Crippen molar-refractivity contribution in [3.05, 3.63) is 34.7 Å². The fourth-order valence-corrected chi connectivity index (χ4v) is 4.37. The number of rotatable bonds is 2. The van der Waals surface area contributed by atoms with Gasteiger partial charge in [-0.05, 0) is 31.9 Å². The first-order valence-corrected chi connectivity index (χ1v) is 12.0. The molecule has 0 spiro atoms. The Hall–Kier alpha value is -3.28. The van der Waals surface area contributed by atoms with Gasteiger partial charge in [0.25, 0.3) is 0 Å². The zero-order chi connectivity index (χ0) is 27.2. The fourth-order valence-electron chi connectivity index (χ4n) is 4.16. The van der Waals surface area contributed by atoms with Gasteiger partial charge in [0.15, 0.2) is 17.1 Å². The highest BCUT2D eigenvalue weighted by Gasteiger charge is 2.39. The lowest BCUT2D eigenvalue weighted by atomic mass is 9.89. The zero-order valence-corrected chi connectivity index (χ0v) is 21.1. The van der Waals surface area contributed by atoms with Gasteiger partial charge in [0.2, 0.25) is 12.4 Å². The molecular formula is C24H28ClF4N5O3. The minimum absolute atomic E-state index is 0.167. The van der Waals surface area contributed by atoms with Crippen LogP contribution in [0.15, 0.2) is 18.2 Å². The van der Waals surface area contributed by atoms with Crippen LogP contribution in [0.25, 0.3) is 11.2 Å². The van der Waals surface area contributed by atoms with Gasteiger partial charge in [-0.1, -0.05) is 36.9 Å². The molecule has 8 nitrogen and oxygen atoms in total. The quantitative estimate of drug-likeness (QED) is 0.311. The number of aryl methyl sites for hydroxylation is 2. The number of alkyl halides is 3. The first-order chi connectivity index (χ1) is 17.6. The van der Waals surface area contributed by atoms with E-state index in [2.05, 4.69) is 21.0 Å². The maximum absolute atomic E-state index is 14.0. The van der Waals surface area contributed by atoms with Crippen LogP contribution in [0.5, 0.6) is 11.5 Å². The Morgan fingerprint density at radius 3 is 2.32 bits per heavy atom. The number of ether oxygens (including phenoxy) is 2. The lowest BCUT2D eigenvalue weighted by Crippen LogP contribution is -2.24. The van der Waals surface area contributed by atoms with Crippen LogP contribution in [0, 0.1) is 18.7 Å². The zero-order valence-electron chi connectivity index (χ0n) is 20.4. The van der Waals surface area contributed by atoms with Crippen molar-refractivity contribution in [2.75, 3.05) is 18.5 Å². The first kappa shape index (κ1) is 28.3. The summed E-state index contributed by atoms with van der Waals surface area (Å²) < 4.78 is 63.0. The van der Waals surface area contributed by atoms with Gasteiger partial charge in [-0.2, -0.15) is 18.2 Å². The summed E-state index contributed by atoms with van der Waals surface area (Å²) in [5, 5.41) is 3.20. The Balaban J connectivity index is 0.000000244. The molecule has 0 bridgehead atoms. The van der Waals surface area contributed by atoms with Crippen molar-refractivity contribution in [1.82, 2.24) is 14.5 Å². The molecule has 37 heavy (non-hydrogen) atoms. The highest BCUT2D eigenvalue weighted by Crippen LogP contribution is 2.40. The molecule has 1 aliphatic heterocycles. The van der Waals surface area contributed by atoms with E-state index in [0.717, 1.165) is 19.3 Å². The molecule has 1 aromatic carbocycles. The molecule has 1 amide bonds. The molecule has 0 atom stereocenters. The SMILES string of the molecule is Cc1nc2nc(Nc3c(F)cccc3Cl)n(C)c2c2c1OCCO2.FC(F)(F)C1CCCCC1.NC=O. The van der Waals surface area contributed by atoms with Crippen molar-refractivity contribution < 1.29 is 31.8 Å². The number of aromatic nitrogens is 3. The highest BCUT2D eigenvalue weighted by molar-refractivity contribution is 6.33. The number of hydrogen-bond donors (Lipinski definition) is 2. The number of halogens is 5. The summed E-state index contributed by atoms with van der Waals surface area (Å²) in [5.74, 6) is 0.173. The van der Waals surface area contributed by atoms with Crippen LogP contribution in [-0.4, -0.2) is 40.3 Å². The van der Waals surface area contributed by atoms with E-state index < -0.39 is 17.9 Å². The number of nitrogens with one attached hydrogen (secondary N) is 1. The summed E-state index contributed by atoms with van der Waals surface area (Å²) >= 11 is 6.07. The number of amides is 1. The van der Waals surface area contributed by atoms with E-state index in [1.807, 2.05) is 6.92 Å². The molecule has 202 valence electrons. The van der Waals surface area contributed by atoms with Gasteiger partial charge < -0.3 is 25.1 Å². The third-order valence-corrected chi connectivity index (χ3v) is 6.26. The first-order valence-electron chi connectivity index (χ1n) is 11.6. The smallest absolute Gasteiger partial charge is 0.391 e. The topological polar surface area (TPSA) is 104 Å². The minimum atomic E-state index is -3.93. The number of anilines is 2. The molecule has 3 aromatic rings. The van der Waals surface area contributed by atoms with Crippen LogP contribution in [0.4, 0.5) is 29.2 Å². The second kappa shape index (κ2) is 12.3. The van der Waals surface area contributed by atoms with E-state index in [1.165, 1.54) is 6.07 Å². The van der Waals surface area contributed by atoms with Crippen LogP contribution >= 0.6 is 11.6 Å². The molecule has 3 heterocycles. The highest BCUT2D eigenvalue weighted by atomic mass is 35.5. The van der Waals surface area contributed by atoms with Gasteiger partial charge in [-0.15, -0.1) is 0 Å². The van der Waals surface area contributed by atoms with Crippen LogP contribution in [-0.2, 0) is 11.8 Å². The number of benzene rings is 1. The molecule has 0 saturated heterocycles. The number of pyridine rings is 1. The average molecular weight is 546 g/mol. The Morgan fingerprint density at radius 2 is 1.76 bits per heavy atom. The molecule has 2 aromatic heterocycles. The molecular weight excluding hydrogens is 518 g/mol. The molecule has 2 aliphatic rings. The second-order valence-electron chi connectivity index (χ2n) is 8.45. The van der Waals surface area contributed by atoms with Gasteiger partial charge >= 0.3 is 6.18 Å². The van der Waals surface area contributed by atoms with Crippen molar-refractivity contribution in [3.8, 4) is 11.5 Å². The molecule has 1 aliphatic carbocycles. The Bertz CT molecular complexity index is 1210. The minimum Gasteiger partial charge on any atom is -0.484 e. The van der Waals surface area contributed by atoms with E-state index in [0.29, 0.717) is 60.4 Å². The van der Waals surface area contributed by atoms with E-state index in [9.17, 15) is 17.6 Å². The summed E-state index contributed by atoms with van der Waals surface area (Å²) in [6.07, 6.45) is -0.492. The summed E-state index contributed by atoms with van der Waals surface area (Å²) in [6, 6.07) is 4.49. The lowest BCUT2D eigenvalue weighted by molar-refractivity contribution is -0.181. The third kappa shape index (κ3) is 6.73. The van der Waals surface area contributed by atoms with Crippen molar-refractivity contribution in [2.24, 2.45) is 18.7 Å². The molecule has 1 fully saturated rings. The Kier molecular flexibility index (Phi) is 9.41. The van der Waals surface area contributed by atoms with Crippen molar-refractivity contribution in [3.63, 3.8) is 0 Å². The summed E-state index contributed by atoms with van der Waals surface area (Å²) in [4.78, 5) is 17.5. The largest absolute Gasteiger partial charge is 0.484 e. The molecule has 1 saturated carbocycles. The monoisotopic (exact) mass is 545 g/mol. The van der Waals surface area contributed by atoms with Gasteiger partial charge in [-0.3, -0.25) is 4.79 Å². The fraction of sp³-hybridized carbons (Fsp3) is 0.458. The number of imidazole rings is 1. The van der Waals surface area contributed by atoms with Gasteiger partial charge in [0, 0.05) is 7.05 Å². The number of fused-ring (bicyclic) bond motifs is 3. The molecule has 0 unspecified atom stereocenters. The molecule has 13 heteroatoms. The standard InChI is InChI=1S/C16H14ClFN4O2.C7H11F3.CH3NO/c1-8-13-14(24-7-6-23-13)12-15(19-8)21-16(22(12)2)20-11-9(17)4-3-5-10(11)18;8-7(9,10)6-4-2-1-3-5-6;2-1-3/h3-5H,6-7H2,1-2H3,(H,19,20,21);6H,1-5H2;1H,(H2,2,3). The maximum Gasteiger partial charge on any atom is 0.391 e. The summed E-state index contributed by atoms with van der Waals surface area (Å²) in [7, 11) is 1.79. The van der Waals surface area contributed by atoms with Crippen molar-refractivity contribution in [1.29, 1.82) is 0 Å². The Morgan fingerprint density at radius 1 is 1.14 bits per heavy atom. The summed E-state index contributed by atoms with van der Waals surface area (Å²) in [6.45, 7) is 2.77. The second-order valence-corrected chi connectivity index (χ2v) is 8.86. The molecule has 5 rings (SSSR count). The van der Waals surface area contributed by atoms with Gasteiger partial charge in [0.05, 0.1) is 22.3 Å². The average Bonchev–Trinajstić information content (AvgIpc) is 3.17. The van der Waals surface area contributed by atoms with Crippen LogP contribution < -0.4 is 20.5 Å². The number of para-hydroxylation sites is 1. The van der Waals surface area contributed by atoms with Crippen molar-refractivity contribution >= 4 is 40.8 Å². The normalized spacial score (nSPS) is 15.2. The number of carbonyl (C=O) groups is 1. The van der Waals surface area contributed by atoms with E-state index >= 15 is 0 Å². The Labute approximate surface area is 216 Å². The predicted octanol–water partition coefficient (Wildman–Crippen LogP) is 5.81. The predicted molar refractivity (Wildman–Crippen MR) is 132 cm³/mol. The van der Waals surface area contributed by atoms with Crippen LogP contribution in [0.2, 0.25) is 5.02 Å². The maximum atomic E-state index is 14.0. The number of carbonyl (C=O) groups excluding carboxylic acids is 1. The number of nitrogens with two attached hydrogens (primary N) is 1. The number of hydrogen-bond acceptors (Lipinski definition) is 6. The lowest BCUT2D eigenvalue weighted by Gasteiger charge is -2.23. The third-order valence-electron chi connectivity index (χ3n) is 5.94. The molecule has 0 radical (unpaired) electrons.